The maximum Gasteiger partial charge on any atom is 0.276 e. The van der Waals surface area contributed by atoms with Gasteiger partial charge in [-0.3, -0.25) is 4.79 Å². The largest absolute Gasteiger partial charge is 0.361 e. The summed E-state index contributed by atoms with van der Waals surface area (Å²) in [6.07, 6.45) is 1.97. The first-order valence-corrected chi connectivity index (χ1v) is 9.00. The summed E-state index contributed by atoms with van der Waals surface area (Å²) in [6.45, 7) is 2.17. The van der Waals surface area contributed by atoms with Gasteiger partial charge in [0.15, 0.2) is 5.69 Å². The second-order valence-corrected chi connectivity index (χ2v) is 6.63. The van der Waals surface area contributed by atoms with Crippen molar-refractivity contribution in [2.24, 2.45) is 0 Å². The summed E-state index contributed by atoms with van der Waals surface area (Å²) >= 11 is 0. The summed E-state index contributed by atoms with van der Waals surface area (Å²) < 4.78 is 6.87. The SMILES string of the molecule is Cc1cc(C(=O)N(C)Cc2cn(-c3ccccc3)nc2-c2ccccc2)no1. The number of nitrogens with zero attached hydrogens (tertiary/aromatic N) is 4. The molecular formula is C22H20N4O2. The van der Waals surface area contributed by atoms with Gasteiger partial charge in [0.25, 0.3) is 5.91 Å². The van der Waals surface area contributed by atoms with Crippen LogP contribution in [0.2, 0.25) is 0 Å². The number of rotatable bonds is 5. The van der Waals surface area contributed by atoms with Gasteiger partial charge < -0.3 is 9.42 Å². The Morgan fingerprint density at radius 1 is 1.07 bits per heavy atom. The van der Waals surface area contributed by atoms with Crippen molar-refractivity contribution in [1.29, 1.82) is 0 Å². The van der Waals surface area contributed by atoms with E-state index in [0.717, 1.165) is 22.5 Å². The Bertz CT molecular complexity index is 1080. The molecule has 0 aliphatic heterocycles. The summed E-state index contributed by atoms with van der Waals surface area (Å²) in [4.78, 5) is 14.3. The molecule has 2 aromatic carbocycles. The van der Waals surface area contributed by atoms with Crippen molar-refractivity contribution in [2.75, 3.05) is 7.05 Å². The van der Waals surface area contributed by atoms with Crippen LogP contribution in [0, 0.1) is 6.92 Å². The Labute approximate surface area is 163 Å². The van der Waals surface area contributed by atoms with Gasteiger partial charge in [0.05, 0.1) is 11.4 Å². The summed E-state index contributed by atoms with van der Waals surface area (Å²) in [5.41, 5.74) is 4.07. The van der Waals surface area contributed by atoms with Crippen molar-refractivity contribution in [3.05, 3.63) is 89.9 Å². The molecule has 140 valence electrons. The predicted molar refractivity (Wildman–Crippen MR) is 106 cm³/mol. The zero-order chi connectivity index (χ0) is 19.5. The van der Waals surface area contributed by atoms with E-state index in [0.29, 0.717) is 18.0 Å². The average molecular weight is 372 g/mol. The lowest BCUT2D eigenvalue weighted by atomic mass is 10.1. The molecule has 0 spiro atoms. The number of carbonyl (C=O) groups excluding carboxylic acids is 1. The van der Waals surface area contributed by atoms with Crippen LogP contribution >= 0.6 is 0 Å². The first-order chi connectivity index (χ1) is 13.6. The van der Waals surface area contributed by atoms with Gasteiger partial charge >= 0.3 is 0 Å². The lowest BCUT2D eigenvalue weighted by Crippen LogP contribution is -2.26. The highest BCUT2D eigenvalue weighted by Gasteiger charge is 2.20. The Morgan fingerprint density at radius 3 is 2.39 bits per heavy atom. The van der Waals surface area contributed by atoms with Crippen molar-refractivity contribution < 1.29 is 9.32 Å². The van der Waals surface area contributed by atoms with Crippen LogP contribution in [-0.4, -0.2) is 32.8 Å². The van der Waals surface area contributed by atoms with Crippen LogP contribution < -0.4 is 0 Å². The van der Waals surface area contributed by atoms with E-state index in [9.17, 15) is 4.79 Å². The molecule has 2 aromatic heterocycles. The summed E-state index contributed by atoms with van der Waals surface area (Å²) in [5.74, 6) is 0.418. The van der Waals surface area contributed by atoms with Gasteiger partial charge in [-0.25, -0.2) is 4.68 Å². The third-order valence-corrected chi connectivity index (χ3v) is 4.46. The first kappa shape index (κ1) is 17.7. The van der Waals surface area contributed by atoms with Crippen LogP contribution in [-0.2, 0) is 6.54 Å². The molecule has 0 radical (unpaired) electrons. The zero-order valence-electron chi connectivity index (χ0n) is 15.7. The fraction of sp³-hybridized carbons (Fsp3) is 0.136. The molecule has 6 heteroatoms. The molecule has 0 saturated heterocycles. The molecule has 4 rings (SSSR count). The van der Waals surface area contributed by atoms with E-state index in [1.807, 2.05) is 71.5 Å². The molecular weight excluding hydrogens is 352 g/mol. The smallest absolute Gasteiger partial charge is 0.276 e. The van der Waals surface area contributed by atoms with Crippen molar-refractivity contribution in [2.45, 2.75) is 13.5 Å². The van der Waals surface area contributed by atoms with Crippen LogP contribution in [0.5, 0.6) is 0 Å². The van der Waals surface area contributed by atoms with E-state index in [-0.39, 0.29) is 5.91 Å². The summed E-state index contributed by atoms with van der Waals surface area (Å²) in [7, 11) is 1.75. The number of hydrogen-bond acceptors (Lipinski definition) is 4. The van der Waals surface area contributed by atoms with Crippen LogP contribution in [0.1, 0.15) is 21.8 Å². The van der Waals surface area contributed by atoms with E-state index < -0.39 is 0 Å². The number of amides is 1. The minimum atomic E-state index is -0.191. The van der Waals surface area contributed by atoms with Crippen LogP contribution in [0.25, 0.3) is 16.9 Å². The Hall–Kier alpha value is -3.67. The standard InChI is InChI=1S/C22H20N4O2/c1-16-13-20(24-28-16)22(27)25(2)14-18-15-26(19-11-7-4-8-12-19)23-21(18)17-9-5-3-6-10-17/h3-13,15H,14H2,1-2H3. The lowest BCUT2D eigenvalue weighted by molar-refractivity contribution is 0.0775. The maximum atomic E-state index is 12.7. The normalized spacial score (nSPS) is 10.8. The molecule has 6 nitrogen and oxygen atoms in total. The summed E-state index contributed by atoms with van der Waals surface area (Å²) in [6, 6.07) is 21.5. The van der Waals surface area contributed by atoms with Crippen LogP contribution in [0.4, 0.5) is 0 Å². The van der Waals surface area contributed by atoms with Crippen LogP contribution in [0.15, 0.2) is 77.4 Å². The van der Waals surface area contributed by atoms with Gasteiger partial charge in [0, 0.05) is 37.0 Å². The maximum absolute atomic E-state index is 12.7. The van der Waals surface area contributed by atoms with Gasteiger partial charge in [-0.2, -0.15) is 5.10 Å². The molecule has 0 aliphatic rings. The highest BCUT2D eigenvalue weighted by molar-refractivity contribution is 5.92. The zero-order valence-corrected chi connectivity index (χ0v) is 15.7. The van der Waals surface area contributed by atoms with Gasteiger partial charge in [0.2, 0.25) is 0 Å². The third-order valence-electron chi connectivity index (χ3n) is 4.46. The molecule has 0 saturated carbocycles. The second kappa shape index (κ2) is 7.52. The predicted octanol–water partition coefficient (Wildman–Crippen LogP) is 4.11. The number of aromatic nitrogens is 3. The number of para-hydroxylation sites is 1. The Balaban J connectivity index is 1.68. The highest BCUT2D eigenvalue weighted by atomic mass is 16.5. The van der Waals surface area contributed by atoms with E-state index in [4.69, 9.17) is 9.62 Å². The molecule has 28 heavy (non-hydrogen) atoms. The van der Waals surface area contributed by atoms with Crippen molar-refractivity contribution in [1.82, 2.24) is 19.8 Å². The molecule has 0 unspecified atom stereocenters. The van der Waals surface area contributed by atoms with Gasteiger partial charge in [-0.15, -0.1) is 0 Å². The van der Waals surface area contributed by atoms with Gasteiger partial charge in [-0.05, 0) is 19.1 Å². The second-order valence-electron chi connectivity index (χ2n) is 6.63. The molecule has 0 N–H and O–H groups in total. The number of benzene rings is 2. The monoisotopic (exact) mass is 372 g/mol. The quantitative estimate of drug-likeness (QED) is 0.529. The minimum Gasteiger partial charge on any atom is -0.361 e. The minimum absolute atomic E-state index is 0.191. The molecule has 0 aliphatic carbocycles. The van der Waals surface area contributed by atoms with E-state index in [2.05, 4.69) is 5.16 Å². The number of aryl methyl sites for hydroxylation is 1. The molecule has 0 fully saturated rings. The molecule has 2 heterocycles. The van der Waals surface area contributed by atoms with Crippen molar-refractivity contribution in [3.8, 4) is 16.9 Å². The summed E-state index contributed by atoms with van der Waals surface area (Å²) in [5, 5.41) is 8.61. The Morgan fingerprint density at radius 2 is 1.75 bits per heavy atom. The van der Waals surface area contributed by atoms with E-state index >= 15 is 0 Å². The third kappa shape index (κ3) is 3.57. The molecule has 0 bridgehead atoms. The van der Waals surface area contributed by atoms with Crippen molar-refractivity contribution >= 4 is 5.91 Å². The topological polar surface area (TPSA) is 64.2 Å². The molecule has 0 atom stereocenters. The lowest BCUT2D eigenvalue weighted by Gasteiger charge is -2.15. The number of hydrogen-bond donors (Lipinski definition) is 0. The van der Waals surface area contributed by atoms with Crippen LogP contribution in [0.3, 0.4) is 0 Å². The number of carbonyl (C=O) groups is 1. The van der Waals surface area contributed by atoms with Crippen molar-refractivity contribution in [3.63, 3.8) is 0 Å². The van der Waals surface area contributed by atoms with E-state index in [1.54, 1.807) is 24.9 Å². The van der Waals surface area contributed by atoms with E-state index in [1.165, 1.54) is 0 Å². The Kier molecular flexibility index (Phi) is 4.76. The average Bonchev–Trinajstić information content (AvgIpc) is 3.35. The fourth-order valence-corrected chi connectivity index (χ4v) is 3.07. The van der Waals surface area contributed by atoms with Gasteiger partial charge in [-0.1, -0.05) is 53.7 Å². The first-order valence-electron chi connectivity index (χ1n) is 9.00. The fourth-order valence-electron chi connectivity index (χ4n) is 3.07. The molecule has 4 aromatic rings. The molecule has 1 amide bonds. The highest BCUT2D eigenvalue weighted by Crippen LogP contribution is 2.25. The van der Waals surface area contributed by atoms with Gasteiger partial charge in [0.1, 0.15) is 5.76 Å².